The number of piperidine rings is 1. The number of fused-ring (bicyclic) bond motifs is 1. The number of benzene rings is 2. The van der Waals surface area contributed by atoms with Crippen molar-refractivity contribution in [3.63, 3.8) is 0 Å². The molecule has 1 fully saturated rings. The van der Waals surface area contributed by atoms with Crippen LogP contribution in [0.3, 0.4) is 0 Å². The first-order chi connectivity index (χ1) is 14.7. The molecule has 0 radical (unpaired) electrons. The maximum Gasteiger partial charge on any atom is 0.238 e. The topological polar surface area (TPSA) is 54.0 Å². The Morgan fingerprint density at radius 1 is 0.933 bits per heavy atom. The first-order valence-electron chi connectivity index (χ1n) is 10.8. The molecule has 2 aromatic carbocycles. The molecule has 0 aliphatic carbocycles. The van der Waals surface area contributed by atoms with Crippen LogP contribution in [0, 0.1) is 0 Å². The molecule has 1 saturated heterocycles. The van der Waals surface area contributed by atoms with Gasteiger partial charge in [-0.3, -0.25) is 9.69 Å². The number of nitrogens with one attached hydrogen (secondary N) is 1. The Morgan fingerprint density at radius 2 is 1.60 bits per heavy atom. The van der Waals surface area contributed by atoms with Gasteiger partial charge in [-0.15, -0.1) is 0 Å². The number of ether oxygens (including phenoxy) is 2. The predicted octanol–water partition coefficient (Wildman–Crippen LogP) is 3.69. The molecule has 30 heavy (non-hydrogen) atoms. The fourth-order valence-electron chi connectivity index (χ4n) is 4.39. The van der Waals surface area contributed by atoms with Crippen LogP contribution in [0.2, 0.25) is 0 Å². The summed E-state index contributed by atoms with van der Waals surface area (Å²) in [6.07, 6.45) is 4.74. The highest BCUT2D eigenvalue weighted by molar-refractivity contribution is 5.92. The number of rotatable bonds is 6. The second-order valence-corrected chi connectivity index (χ2v) is 8.08. The summed E-state index contributed by atoms with van der Waals surface area (Å²) in [6.45, 7) is 4.21. The first kappa shape index (κ1) is 20.5. The summed E-state index contributed by atoms with van der Waals surface area (Å²) in [7, 11) is 3.30. The van der Waals surface area contributed by atoms with Crippen molar-refractivity contribution < 1.29 is 14.3 Å². The minimum absolute atomic E-state index is 0.0182. The number of hydrogen-bond acceptors (Lipinski definition) is 5. The summed E-state index contributed by atoms with van der Waals surface area (Å²) in [4.78, 5) is 17.2. The maximum atomic E-state index is 12.6. The Hall–Kier alpha value is -2.73. The van der Waals surface area contributed by atoms with Gasteiger partial charge in [0.2, 0.25) is 5.91 Å². The summed E-state index contributed by atoms with van der Waals surface area (Å²) in [5.74, 6) is 1.51. The zero-order valence-corrected chi connectivity index (χ0v) is 17.9. The van der Waals surface area contributed by atoms with Crippen molar-refractivity contribution in [2.45, 2.75) is 32.2 Å². The molecule has 0 atom stereocenters. The van der Waals surface area contributed by atoms with Crippen molar-refractivity contribution >= 4 is 17.3 Å². The minimum Gasteiger partial charge on any atom is -0.493 e. The summed E-state index contributed by atoms with van der Waals surface area (Å²) in [5, 5.41) is 3.04. The summed E-state index contributed by atoms with van der Waals surface area (Å²) in [6, 6.07) is 12.3. The molecule has 2 heterocycles. The summed E-state index contributed by atoms with van der Waals surface area (Å²) >= 11 is 0. The van der Waals surface area contributed by atoms with Crippen LogP contribution in [-0.4, -0.2) is 51.2 Å². The van der Waals surface area contributed by atoms with Gasteiger partial charge in [0.05, 0.1) is 20.8 Å². The molecule has 0 aromatic heterocycles. The molecule has 6 nitrogen and oxygen atoms in total. The monoisotopic (exact) mass is 409 g/mol. The number of anilines is 2. The van der Waals surface area contributed by atoms with Gasteiger partial charge in [-0.25, -0.2) is 0 Å². The highest BCUT2D eigenvalue weighted by Crippen LogP contribution is 2.33. The summed E-state index contributed by atoms with van der Waals surface area (Å²) < 4.78 is 10.8. The van der Waals surface area contributed by atoms with Crippen LogP contribution in [0.5, 0.6) is 11.5 Å². The molecular formula is C24H31N3O3. The van der Waals surface area contributed by atoms with Crippen molar-refractivity contribution in [2.75, 3.05) is 50.6 Å². The van der Waals surface area contributed by atoms with Crippen LogP contribution in [0.4, 0.5) is 11.4 Å². The molecule has 0 spiro atoms. The average molecular weight is 410 g/mol. The molecule has 0 unspecified atom stereocenters. The van der Waals surface area contributed by atoms with E-state index in [9.17, 15) is 4.79 Å². The molecule has 4 rings (SSSR count). The van der Waals surface area contributed by atoms with E-state index >= 15 is 0 Å². The molecule has 0 saturated carbocycles. The van der Waals surface area contributed by atoms with Crippen molar-refractivity contribution in [2.24, 2.45) is 0 Å². The van der Waals surface area contributed by atoms with Crippen LogP contribution in [0.15, 0.2) is 36.4 Å². The number of methoxy groups -OCH3 is 2. The standard InChI is InChI=1S/C24H31N3O3/c1-29-22-14-18-10-13-26(16-19(18)15-23(22)30-2)17-24(28)25-20-6-8-21(9-7-20)27-11-4-3-5-12-27/h6-9,14-15H,3-5,10-13,16-17H2,1-2H3,(H,25,28). The van der Waals surface area contributed by atoms with E-state index < -0.39 is 0 Å². The SMILES string of the molecule is COc1cc2c(cc1OC)CN(CC(=O)Nc1ccc(N3CCCCC3)cc1)CC2. The van der Waals surface area contributed by atoms with Gasteiger partial charge in [0.25, 0.3) is 0 Å². The Morgan fingerprint density at radius 3 is 2.27 bits per heavy atom. The molecular weight excluding hydrogens is 378 g/mol. The van der Waals surface area contributed by atoms with Crippen LogP contribution >= 0.6 is 0 Å². The third-order valence-corrected chi connectivity index (χ3v) is 6.04. The van der Waals surface area contributed by atoms with Crippen molar-refractivity contribution in [3.8, 4) is 11.5 Å². The maximum absolute atomic E-state index is 12.6. The lowest BCUT2D eigenvalue weighted by atomic mass is 9.99. The molecule has 0 bridgehead atoms. The van der Waals surface area contributed by atoms with Gasteiger partial charge in [0, 0.05) is 37.6 Å². The Labute approximate surface area is 178 Å². The molecule has 6 heteroatoms. The Balaban J connectivity index is 1.33. The van der Waals surface area contributed by atoms with Gasteiger partial charge < -0.3 is 19.7 Å². The van der Waals surface area contributed by atoms with Crippen LogP contribution in [0.1, 0.15) is 30.4 Å². The fourth-order valence-corrected chi connectivity index (χ4v) is 4.39. The number of carbonyl (C=O) groups excluding carboxylic acids is 1. The number of carbonyl (C=O) groups is 1. The Bertz CT molecular complexity index is 876. The fraction of sp³-hybridized carbons (Fsp3) is 0.458. The number of amides is 1. The highest BCUT2D eigenvalue weighted by atomic mass is 16.5. The third kappa shape index (κ3) is 4.70. The van der Waals surface area contributed by atoms with E-state index in [0.29, 0.717) is 6.54 Å². The van der Waals surface area contributed by atoms with Gasteiger partial charge >= 0.3 is 0 Å². The predicted molar refractivity (Wildman–Crippen MR) is 120 cm³/mol. The van der Waals surface area contributed by atoms with Gasteiger partial charge in [-0.2, -0.15) is 0 Å². The van der Waals surface area contributed by atoms with E-state index in [1.54, 1.807) is 14.2 Å². The van der Waals surface area contributed by atoms with E-state index in [1.165, 1.54) is 36.1 Å². The summed E-state index contributed by atoms with van der Waals surface area (Å²) in [5.41, 5.74) is 4.55. The van der Waals surface area contributed by atoms with Gasteiger partial charge in [-0.1, -0.05) is 0 Å². The van der Waals surface area contributed by atoms with E-state index in [4.69, 9.17) is 9.47 Å². The van der Waals surface area contributed by atoms with Crippen LogP contribution in [-0.2, 0) is 17.8 Å². The zero-order valence-electron chi connectivity index (χ0n) is 17.9. The van der Waals surface area contributed by atoms with E-state index in [-0.39, 0.29) is 5.91 Å². The lowest BCUT2D eigenvalue weighted by Gasteiger charge is -2.29. The molecule has 1 N–H and O–H groups in total. The van der Waals surface area contributed by atoms with Gasteiger partial charge in [0.1, 0.15) is 0 Å². The average Bonchev–Trinajstić information content (AvgIpc) is 2.79. The quantitative estimate of drug-likeness (QED) is 0.789. The largest absolute Gasteiger partial charge is 0.493 e. The minimum atomic E-state index is 0.0182. The van der Waals surface area contributed by atoms with E-state index in [0.717, 1.165) is 49.8 Å². The van der Waals surface area contributed by atoms with Gasteiger partial charge in [-0.05, 0) is 73.2 Å². The van der Waals surface area contributed by atoms with Crippen molar-refractivity contribution in [1.82, 2.24) is 4.90 Å². The zero-order chi connectivity index (χ0) is 20.9. The molecule has 160 valence electrons. The van der Waals surface area contributed by atoms with Crippen molar-refractivity contribution in [3.05, 3.63) is 47.5 Å². The molecule has 1 amide bonds. The highest BCUT2D eigenvalue weighted by Gasteiger charge is 2.21. The van der Waals surface area contributed by atoms with E-state index in [2.05, 4.69) is 33.3 Å². The number of nitrogens with zero attached hydrogens (tertiary/aromatic N) is 2. The number of hydrogen-bond donors (Lipinski definition) is 1. The third-order valence-electron chi connectivity index (χ3n) is 6.04. The second kappa shape index (κ2) is 9.39. The Kier molecular flexibility index (Phi) is 6.43. The normalized spacial score (nSPS) is 16.7. The van der Waals surface area contributed by atoms with Crippen LogP contribution < -0.4 is 19.7 Å². The molecule has 2 aliphatic rings. The lowest BCUT2D eigenvalue weighted by molar-refractivity contribution is -0.117. The second-order valence-electron chi connectivity index (χ2n) is 8.08. The smallest absolute Gasteiger partial charge is 0.238 e. The van der Waals surface area contributed by atoms with Gasteiger partial charge in [0.15, 0.2) is 11.5 Å². The lowest BCUT2D eigenvalue weighted by Crippen LogP contribution is -2.37. The van der Waals surface area contributed by atoms with Crippen LogP contribution in [0.25, 0.3) is 0 Å². The van der Waals surface area contributed by atoms with Crippen molar-refractivity contribution in [1.29, 1.82) is 0 Å². The van der Waals surface area contributed by atoms with E-state index in [1.807, 2.05) is 18.2 Å². The molecule has 2 aromatic rings. The first-order valence-corrected chi connectivity index (χ1v) is 10.8. The molecule has 2 aliphatic heterocycles.